The molecule has 1 atom stereocenters. The number of aromatic amines is 1. The molecule has 3 rings (SSSR count). The first-order chi connectivity index (χ1) is 7.86. The van der Waals surface area contributed by atoms with Gasteiger partial charge in [0.25, 0.3) is 5.56 Å². The third kappa shape index (κ3) is 1.65. The first-order valence-electron chi connectivity index (χ1n) is 5.31. The summed E-state index contributed by atoms with van der Waals surface area (Å²) in [7, 11) is 0. The van der Waals surface area contributed by atoms with Crippen LogP contribution in [-0.2, 0) is 0 Å². The van der Waals surface area contributed by atoms with Gasteiger partial charge in [-0.2, -0.15) is 11.3 Å². The highest BCUT2D eigenvalue weighted by atomic mass is 32.1. The molecule has 3 heterocycles. The predicted molar refractivity (Wildman–Crippen MR) is 68.5 cm³/mol. The Balaban J connectivity index is 2.09. The van der Waals surface area contributed by atoms with Crippen LogP contribution in [0.25, 0.3) is 10.4 Å². The van der Waals surface area contributed by atoms with Crippen molar-refractivity contribution in [3.8, 4) is 10.4 Å². The molecule has 0 aromatic carbocycles. The molecule has 1 saturated heterocycles. The molecule has 5 heteroatoms. The monoisotopic (exact) mass is 252 g/mol. The third-order valence-electron chi connectivity index (χ3n) is 2.99. The minimum atomic E-state index is 0.0971. The molecule has 0 spiro atoms. The quantitative estimate of drug-likeness (QED) is 0.861. The minimum Gasteiger partial charge on any atom is -0.316 e. The summed E-state index contributed by atoms with van der Waals surface area (Å²) in [5.41, 5.74) is 2.25. The SMILES string of the molecule is O=c1[nH]sc(-c2ccsc2)c1C1CCNC1. The normalized spacial score (nSPS) is 20.4. The van der Waals surface area contributed by atoms with Crippen molar-refractivity contribution < 1.29 is 0 Å². The molecule has 1 aliphatic rings. The Morgan fingerprint density at radius 1 is 1.44 bits per heavy atom. The molecule has 84 valence electrons. The summed E-state index contributed by atoms with van der Waals surface area (Å²) in [6.45, 7) is 1.94. The van der Waals surface area contributed by atoms with Gasteiger partial charge in [0.2, 0.25) is 0 Å². The lowest BCUT2D eigenvalue weighted by Crippen LogP contribution is -2.14. The van der Waals surface area contributed by atoms with Crippen LogP contribution in [0.1, 0.15) is 17.9 Å². The van der Waals surface area contributed by atoms with Crippen molar-refractivity contribution in [2.75, 3.05) is 13.1 Å². The molecule has 2 aromatic rings. The molecule has 16 heavy (non-hydrogen) atoms. The fourth-order valence-electron chi connectivity index (χ4n) is 2.19. The molecule has 2 aromatic heterocycles. The summed E-state index contributed by atoms with van der Waals surface area (Å²) >= 11 is 3.13. The summed E-state index contributed by atoms with van der Waals surface area (Å²) in [5, 5.41) is 7.47. The summed E-state index contributed by atoms with van der Waals surface area (Å²) in [6, 6.07) is 2.08. The first kappa shape index (κ1) is 10.3. The summed E-state index contributed by atoms with van der Waals surface area (Å²) in [5.74, 6) is 0.380. The number of nitrogens with one attached hydrogen (secondary N) is 2. The van der Waals surface area contributed by atoms with Gasteiger partial charge in [-0.3, -0.25) is 9.17 Å². The van der Waals surface area contributed by atoms with Crippen molar-refractivity contribution in [3.63, 3.8) is 0 Å². The Hall–Kier alpha value is -0.910. The number of hydrogen-bond donors (Lipinski definition) is 2. The fourth-order valence-corrected chi connectivity index (χ4v) is 3.83. The van der Waals surface area contributed by atoms with Crippen LogP contribution < -0.4 is 10.9 Å². The highest BCUT2D eigenvalue weighted by Gasteiger charge is 2.24. The Morgan fingerprint density at radius 3 is 3.06 bits per heavy atom. The van der Waals surface area contributed by atoms with E-state index in [1.165, 1.54) is 17.1 Å². The molecular formula is C11H12N2OS2. The van der Waals surface area contributed by atoms with Crippen molar-refractivity contribution in [2.24, 2.45) is 0 Å². The van der Waals surface area contributed by atoms with Crippen LogP contribution in [0.4, 0.5) is 0 Å². The summed E-state index contributed by atoms with van der Waals surface area (Å²) in [4.78, 5) is 13.0. The maximum Gasteiger partial charge on any atom is 0.262 e. The van der Waals surface area contributed by atoms with Gasteiger partial charge in [0, 0.05) is 23.6 Å². The first-order valence-corrected chi connectivity index (χ1v) is 7.07. The van der Waals surface area contributed by atoms with E-state index in [9.17, 15) is 4.79 Å². The summed E-state index contributed by atoms with van der Waals surface area (Å²) in [6.07, 6.45) is 1.07. The second kappa shape index (κ2) is 4.16. The number of rotatable bonds is 2. The number of thiophene rings is 1. The molecule has 3 nitrogen and oxygen atoms in total. The van der Waals surface area contributed by atoms with Gasteiger partial charge in [-0.1, -0.05) is 11.5 Å². The van der Waals surface area contributed by atoms with E-state index in [1.54, 1.807) is 11.3 Å². The highest BCUT2D eigenvalue weighted by Crippen LogP contribution is 2.33. The molecule has 0 amide bonds. The van der Waals surface area contributed by atoms with E-state index in [0.717, 1.165) is 30.0 Å². The van der Waals surface area contributed by atoms with Gasteiger partial charge in [0.15, 0.2) is 0 Å². The fraction of sp³-hybridized carbons (Fsp3) is 0.364. The second-order valence-electron chi connectivity index (χ2n) is 3.98. The lowest BCUT2D eigenvalue weighted by Gasteiger charge is -2.06. The van der Waals surface area contributed by atoms with E-state index in [2.05, 4.69) is 26.5 Å². The molecular weight excluding hydrogens is 240 g/mol. The molecule has 0 aliphatic carbocycles. The maximum atomic E-state index is 11.9. The van der Waals surface area contributed by atoms with Crippen molar-refractivity contribution >= 4 is 22.9 Å². The van der Waals surface area contributed by atoms with E-state index < -0.39 is 0 Å². The molecule has 1 aliphatic heterocycles. The molecule has 0 saturated carbocycles. The van der Waals surface area contributed by atoms with Gasteiger partial charge in [0.1, 0.15) is 0 Å². The Kier molecular flexibility index (Phi) is 2.67. The van der Waals surface area contributed by atoms with Gasteiger partial charge >= 0.3 is 0 Å². The van der Waals surface area contributed by atoms with E-state index in [1.807, 2.05) is 0 Å². The van der Waals surface area contributed by atoms with E-state index in [0.29, 0.717) is 5.92 Å². The average molecular weight is 252 g/mol. The zero-order valence-corrected chi connectivity index (χ0v) is 10.3. The predicted octanol–water partition coefficient (Wildman–Crippen LogP) is 2.24. The van der Waals surface area contributed by atoms with Crippen LogP contribution in [-0.4, -0.2) is 17.5 Å². The van der Waals surface area contributed by atoms with Crippen LogP contribution >= 0.6 is 22.9 Å². The van der Waals surface area contributed by atoms with Crippen molar-refractivity contribution in [1.29, 1.82) is 0 Å². The topological polar surface area (TPSA) is 44.9 Å². The lowest BCUT2D eigenvalue weighted by atomic mass is 9.98. The smallest absolute Gasteiger partial charge is 0.262 e. The second-order valence-corrected chi connectivity index (χ2v) is 5.57. The molecule has 0 radical (unpaired) electrons. The molecule has 1 fully saturated rings. The van der Waals surface area contributed by atoms with Gasteiger partial charge in [-0.15, -0.1) is 0 Å². The summed E-state index contributed by atoms with van der Waals surface area (Å²) < 4.78 is 2.87. The third-order valence-corrected chi connectivity index (χ3v) is 4.62. The highest BCUT2D eigenvalue weighted by molar-refractivity contribution is 7.11. The number of aromatic nitrogens is 1. The van der Waals surface area contributed by atoms with Gasteiger partial charge < -0.3 is 5.32 Å². The Labute approximate surface area is 101 Å². The average Bonchev–Trinajstić information content (AvgIpc) is 2.96. The van der Waals surface area contributed by atoms with E-state index in [-0.39, 0.29) is 5.56 Å². The van der Waals surface area contributed by atoms with Crippen LogP contribution in [0.2, 0.25) is 0 Å². The molecule has 1 unspecified atom stereocenters. The Bertz CT molecular complexity index is 520. The van der Waals surface area contributed by atoms with Crippen molar-refractivity contribution in [3.05, 3.63) is 32.7 Å². The zero-order valence-electron chi connectivity index (χ0n) is 8.66. The van der Waals surface area contributed by atoms with Crippen LogP contribution in [0, 0.1) is 0 Å². The van der Waals surface area contributed by atoms with Crippen LogP contribution in [0.3, 0.4) is 0 Å². The van der Waals surface area contributed by atoms with Gasteiger partial charge in [-0.05, 0) is 29.8 Å². The van der Waals surface area contributed by atoms with Gasteiger partial charge in [0.05, 0.1) is 4.88 Å². The number of hydrogen-bond acceptors (Lipinski definition) is 4. The van der Waals surface area contributed by atoms with E-state index in [4.69, 9.17) is 0 Å². The number of H-pyrrole nitrogens is 1. The molecule has 0 bridgehead atoms. The molecule has 2 N–H and O–H groups in total. The van der Waals surface area contributed by atoms with Crippen molar-refractivity contribution in [2.45, 2.75) is 12.3 Å². The standard InChI is InChI=1S/C11H12N2OS2/c14-11-9(7-1-3-12-5-7)10(16-13-11)8-2-4-15-6-8/h2,4,6-7,12H,1,3,5H2,(H,13,14). The lowest BCUT2D eigenvalue weighted by molar-refractivity contribution is 0.759. The maximum absolute atomic E-state index is 11.9. The minimum absolute atomic E-state index is 0.0971. The van der Waals surface area contributed by atoms with Gasteiger partial charge in [-0.25, -0.2) is 0 Å². The van der Waals surface area contributed by atoms with E-state index >= 15 is 0 Å². The van der Waals surface area contributed by atoms with Crippen LogP contribution in [0.15, 0.2) is 21.6 Å². The Morgan fingerprint density at radius 2 is 2.38 bits per heavy atom. The van der Waals surface area contributed by atoms with Crippen LogP contribution in [0.5, 0.6) is 0 Å². The largest absolute Gasteiger partial charge is 0.316 e. The zero-order chi connectivity index (χ0) is 11.0. The van der Waals surface area contributed by atoms with Crippen molar-refractivity contribution in [1.82, 2.24) is 9.69 Å².